The number of hydrogen-bond acceptors (Lipinski definition) is 4. The minimum Gasteiger partial charge on any atom is -0.300 e. The fourth-order valence-corrected chi connectivity index (χ4v) is 3.73. The number of anilines is 1. The average Bonchev–Trinajstić information content (AvgIpc) is 2.62. The van der Waals surface area contributed by atoms with E-state index in [-0.39, 0.29) is 0 Å². The molecule has 2 heterocycles. The van der Waals surface area contributed by atoms with E-state index in [4.69, 9.17) is 0 Å². The van der Waals surface area contributed by atoms with E-state index in [0.717, 1.165) is 18.7 Å². The molecule has 2 aliphatic rings. The van der Waals surface area contributed by atoms with Crippen molar-refractivity contribution in [3.8, 4) is 0 Å². The zero-order valence-electron chi connectivity index (χ0n) is 14.2. The number of hydrazine groups is 1. The van der Waals surface area contributed by atoms with Crippen LogP contribution in [0.2, 0.25) is 0 Å². The predicted octanol–water partition coefficient (Wildman–Crippen LogP) is 4.15. The highest BCUT2D eigenvalue weighted by Gasteiger charge is 2.26. The average molecular weight is 318 g/mol. The number of nitrogens with zero attached hydrogens (tertiary/aromatic N) is 3. The van der Waals surface area contributed by atoms with Gasteiger partial charge in [-0.3, -0.25) is 10.4 Å². The number of aryl methyl sites for hydroxylation is 2. The Morgan fingerprint density at radius 2 is 2.08 bits per heavy atom. The number of hydrogen-bond donors (Lipinski definition) is 1. The summed E-state index contributed by atoms with van der Waals surface area (Å²) in [5.74, 6) is 1.43. The van der Waals surface area contributed by atoms with E-state index in [1.54, 1.807) is 18.6 Å². The van der Waals surface area contributed by atoms with Crippen molar-refractivity contribution >= 4 is 5.82 Å². The molecular formula is C20H22N4. The van der Waals surface area contributed by atoms with Crippen molar-refractivity contribution in [2.75, 3.05) is 5.01 Å². The molecule has 1 aromatic carbocycles. The summed E-state index contributed by atoms with van der Waals surface area (Å²) in [5, 5.41) is 1.95. The lowest BCUT2D eigenvalue weighted by Crippen LogP contribution is -2.34. The van der Waals surface area contributed by atoms with Gasteiger partial charge in [-0.1, -0.05) is 23.8 Å². The number of aromatic nitrogens is 2. The van der Waals surface area contributed by atoms with Gasteiger partial charge in [-0.25, -0.2) is 9.99 Å². The normalized spacial score (nSPS) is 19.9. The third kappa shape index (κ3) is 2.80. The second-order valence-corrected chi connectivity index (χ2v) is 6.69. The van der Waals surface area contributed by atoms with Crippen LogP contribution in [-0.2, 0) is 0 Å². The van der Waals surface area contributed by atoms with Gasteiger partial charge in [-0.15, -0.1) is 0 Å². The first kappa shape index (κ1) is 14.9. The van der Waals surface area contributed by atoms with Crippen molar-refractivity contribution < 1.29 is 0 Å². The molecule has 1 fully saturated rings. The van der Waals surface area contributed by atoms with Crippen LogP contribution in [-0.4, -0.2) is 9.97 Å². The van der Waals surface area contributed by atoms with Crippen molar-refractivity contribution in [3.63, 3.8) is 0 Å². The molecule has 24 heavy (non-hydrogen) atoms. The maximum atomic E-state index is 4.35. The van der Waals surface area contributed by atoms with Gasteiger partial charge in [-0.2, -0.15) is 0 Å². The summed E-state index contributed by atoms with van der Waals surface area (Å²) in [7, 11) is 0. The summed E-state index contributed by atoms with van der Waals surface area (Å²) in [6, 6.07) is 6.84. The number of allylic oxidation sites excluding steroid dienone is 2. The molecule has 1 aliphatic carbocycles. The van der Waals surface area contributed by atoms with E-state index in [1.165, 1.54) is 34.3 Å². The molecule has 0 spiro atoms. The summed E-state index contributed by atoms with van der Waals surface area (Å²) in [6.45, 7) is 4.39. The van der Waals surface area contributed by atoms with Crippen molar-refractivity contribution in [2.24, 2.45) is 0 Å². The monoisotopic (exact) mass is 318 g/mol. The van der Waals surface area contributed by atoms with Crippen LogP contribution in [0.1, 0.15) is 41.9 Å². The molecule has 0 radical (unpaired) electrons. The fourth-order valence-electron chi connectivity index (χ4n) is 3.73. The van der Waals surface area contributed by atoms with E-state index < -0.39 is 0 Å². The van der Waals surface area contributed by atoms with Crippen LogP contribution < -0.4 is 10.4 Å². The zero-order valence-corrected chi connectivity index (χ0v) is 14.2. The molecule has 0 bridgehead atoms. The van der Waals surface area contributed by atoms with Crippen molar-refractivity contribution in [1.82, 2.24) is 15.4 Å². The van der Waals surface area contributed by atoms with Gasteiger partial charge in [0, 0.05) is 24.8 Å². The van der Waals surface area contributed by atoms with Gasteiger partial charge < -0.3 is 0 Å². The topological polar surface area (TPSA) is 41.1 Å². The van der Waals surface area contributed by atoms with E-state index in [9.17, 15) is 0 Å². The minimum absolute atomic E-state index is 0.610. The Morgan fingerprint density at radius 1 is 1.17 bits per heavy atom. The molecule has 122 valence electrons. The second-order valence-electron chi connectivity index (χ2n) is 6.69. The Hall–Kier alpha value is -2.62. The van der Waals surface area contributed by atoms with Gasteiger partial charge in [0.1, 0.15) is 0 Å². The van der Waals surface area contributed by atoms with Gasteiger partial charge in [-0.05, 0) is 61.3 Å². The number of rotatable bonds is 2. The number of fused-ring (bicyclic) bond motifs is 1. The first-order chi connectivity index (χ1) is 11.7. The maximum Gasteiger partial charge on any atom is 0.169 e. The Bertz CT molecular complexity index is 808. The van der Waals surface area contributed by atoms with Crippen LogP contribution in [0.25, 0.3) is 0 Å². The molecule has 4 nitrogen and oxygen atoms in total. The molecule has 1 N–H and O–H groups in total. The van der Waals surface area contributed by atoms with Crippen LogP contribution in [0.4, 0.5) is 5.82 Å². The van der Waals surface area contributed by atoms with Gasteiger partial charge in [0.15, 0.2) is 5.82 Å². The Balaban J connectivity index is 1.54. The zero-order chi connectivity index (χ0) is 16.5. The molecule has 1 aliphatic heterocycles. The summed E-state index contributed by atoms with van der Waals surface area (Å²) < 4.78 is 0. The van der Waals surface area contributed by atoms with E-state index in [2.05, 4.69) is 59.8 Å². The quantitative estimate of drug-likeness (QED) is 0.903. The first-order valence-corrected chi connectivity index (χ1v) is 8.49. The third-order valence-corrected chi connectivity index (χ3v) is 4.97. The highest BCUT2D eigenvalue weighted by molar-refractivity contribution is 5.48. The largest absolute Gasteiger partial charge is 0.300 e. The van der Waals surface area contributed by atoms with Crippen molar-refractivity contribution in [2.45, 2.75) is 39.0 Å². The Kier molecular flexibility index (Phi) is 3.81. The lowest BCUT2D eigenvalue weighted by molar-refractivity contribution is 0.565. The summed E-state index contributed by atoms with van der Waals surface area (Å²) in [6.07, 6.45) is 12.9. The van der Waals surface area contributed by atoms with Crippen molar-refractivity contribution in [1.29, 1.82) is 0 Å². The fraction of sp³-hybridized carbons (Fsp3) is 0.300. The SMILES string of the molecule is Cc1ccc(C2CCC3=CN(c4cnccn4)NC=C3C2)c(C)c1. The van der Waals surface area contributed by atoms with Crippen LogP contribution in [0, 0.1) is 13.8 Å². The smallest absolute Gasteiger partial charge is 0.169 e. The predicted molar refractivity (Wildman–Crippen MR) is 96.3 cm³/mol. The first-order valence-electron chi connectivity index (χ1n) is 8.49. The Morgan fingerprint density at radius 3 is 2.88 bits per heavy atom. The van der Waals surface area contributed by atoms with E-state index in [0.29, 0.717) is 5.92 Å². The standard InChI is InChI=1S/C20H22N4/c1-14-3-6-19(15(2)9-14)16-4-5-17-13-24(23-11-18(17)10-16)20-12-21-7-8-22-20/h3,6-9,11-13,16,23H,4-5,10H2,1-2H3. The van der Waals surface area contributed by atoms with E-state index >= 15 is 0 Å². The van der Waals surface area contributed by atoms with Crippen LogP contribution in [0.15, 0.2) is 60.3 Å². The van der Waals surface area contributed by atoms with Crippen LogP contribution in [0.3, 0.4) is 0 Å². The highest BCUT2D eigenvalue weighted by Crippen LogP contribution is 2.41. The van der Waals surface area contributed by atoms with Gasteiger partial charge >= 0.3 is 0 Å². The molecule has 0 amide bonds. The van der Waals surface area contributed by atoms with Crippen molar-refractivity contribution in [3.05, 3.63) is 77.0 Å². The van der Waals surface area contributed by atoms with Crippen LogP contribution >= 0.6 is 0 Å². The maximum absolute atomic E-state index is 4.35. The summed E-state index contributed by atoms with van der Waals surface area (Å²) >= 11 is 0. The van der Waals surface area contributed by atoms with Gasteiger partial charge in [0.2, 0.25) is 0 Å². The molecule has 0 saturated heterocycles. The third-order valence-electron chi connectivity index (χ3n) is 4.97. The molecular weight excluding hydrogens is 296 g/mol. The molecule has 4 rings (SSSR count). The minimum atomic E-state index is 0.610. The van der Waals surface area contributed by atoms with Gasteiger partial charge in [0.05, 0.1) is 6.20 Å². The lowest BCUT2D eigenvalue weighted by atomic mass is 9.77. The lowest BCUT2D eigenvalue weighted by Gasteiger charge is -2.33. The molecule has 1 atom stereocenters. The molecule has 1 aromatic heterocycles. The summed E-state index contributed by atoms with van der Waals surface area (Å²) in [4.78, 5) is 8.49. The molecule has 4 heteroatoms. The second kappa shape index (κ2) is 6.11. The highest BCUT2D eigenvalue weighted by atomic mass is 15.5. The van der Waals surface area contributed by atoms with E-state index in [1.807, 2.05) is 5.01 Å². The number of benzene rings is 1. The number of nitrogens with one attached hydrogen (secondary N) is 1. The molecule has 2 aromatic rings. The summed E-state index contributed by atoms with van der Waals surface area (Å²) in [5.41, 5.74) is 10.4. The molecule has 1 saturated carbocycles. The van der Waals surface area contributed by atoms with Gasteiger partial charge in [0.25, 0.3) is 0 Å². The Labute approximate surface area is 142 Å². The van der Waals surface area contributed by atoms with Crippen LogP contribution in [0.5, 0.6) is 0 Å². The molecule has 1 unspecified atom stereocenters.